The van der Waals surface area contributed by atoms with Gasteiger partial charge in [-0.2, -0.15) is 0 Å². The van der Waals surface area contributed by atoms with Gasteiger partial charge in [-0.1, -0.05) is 23.7 Å². The molecule has 1 aliphatic heterocycles. The molecule has 0 radical (unpaired) electrons. The molecule has 4 rings (SSSR count). The first-order valence-corrected chi connectivity index (χ1v) is 12.2. The number of amides is 2. The van der Waals surface area contributed by atoms with Crippen molar-refractivity contribution in [3.8, 4) is 0 Å². The number of benzene rings is 2. The van der Waals surface area contributed by atoms with Gasteiger partial charge >= 0.3 is 0 Å². The van der Waals surface area contributed by atoms with Crippen LogP contribution in [-0.4, -0.2) is 54.7 Å². The van der Waals surface area contributed by atoms with Crippen molar-refractivity contribution in [1.29, 1.82) is 5.41 Å². The highest BCUT2D eigenvalue weighted by atomic mass is 35.5. The molecule has 0 saturated carbocycles. The topological polar surface area (TPSA) is 101 Å². The Morgan fingerprint density at radius 2 is 1.61 bits per heavy atom. The molecule has 0 bridgehead atoms. The molecule has 2 heterocycles. The van der Waals surface area contributed by atoms with Crippen LogP contribution in [0.25, 0.3) is 0 Å². The molecule has 3 N–H and O–H groups in total. The van der Waals surface area contributed by atoms with Crippen molar-refractivity contribution in [2.75, 3.05) is 42.7 Å². The van der Waals surface area contributed by atoms with Crippen LogP contribution in [0.2, 0.25) is 5.02 Å². The number of anilines is 3. The SMILES string of the molecule is CN(C)c1ccc(NC(=O)c2ccc(C(=N)N3CCCCC3)cc2)c(C(=O)Nc2ccc(Cl)cn2)c1. The summed E-state index contributed by atoms with van der Waals surface area (Å²) in [5, 5.41) is 14.6. The zero-order valence-electron chi connectivity index (χ0n) is 20.3. The highest BCUT2D eigenvalue weighted by Gasteiger charge is 2.18. The first-order chi connectivity index (χ1) is 17.3. The van der Waals surface area contributed by atoms with Gasteiger partial charge in [-0.05, 0) is 61.7 Å². The molecule has 9 heteroatoms. The minimum Gasteiger partial charge on any atom is -0.378 e. The van der Waals surface area contributed by atoms with Crippen molar-refractivity contribution in [3.63, 3.8) is 0 Å². The van der Waals surface area contributed by atoms with E-state index in [9.17, 15) is 9.59 Å². The van der Waals surface area contributed by atoms with E-state index >= 15 is 0 Å². The van der Waals surface area contributed by atoms with E-state index in [0.717, 1.165) is 37.2 Å². The van der Waals surface area contributed by atoms with Crippen LogP contribution >= 0.6 is 11.6 Å². The Balaban J connectivity index is 1.52. The van der Waals surface area contributed by atoms with Gasteiger partial charge < -0.3 is 20.4 Å². The number of hydrogen-bond acceptors (Lipinski definition) is 5. The Morgan fingerprint density at radius 3 is 2.25 bits per heavy atom. The van der Waals surface area contributed by atoms with Crippen LogP contribution in [-0.2, 0) is 0 Å². The van der Waals surface area contributed by atoms with Gasteiger partial charge in [0.15, 0.2) is 0 Å². The maximum atomic E-state index is 13.1. The average Bonchev–Trinajstić information content (AvgIpc) is 2.90. The molecule has 1 aliphatic rings. The lowest BCUT2D eigenvalue weighted by molar-refractivity contribution is 0.102. The second-order valence-electron chi connectivity index (χ2n) is 8.87. The molecule has 0 aliphatic carbocycles. The average molecular weight is 505 g/mol. The molecule has 186 valence electrons. The van der Waals surface area contributed by atoms with Crippen LogP contribution in [0, 0.1) is 5.41 Å². The Morgan fingerprint density at radius 1 is 0.917 bits per heavy atom. The van der Waals surface area contributed by atoms with Crippen LogP contribution in [0.3, 0.4) is 0 Å². The molecule has 1 fully saturated rings. The van der Waals surface area contributed by atoms with Gasteiger partial charge in [-0.3, -0.25) is 15.0 Å². The Labute approximate surface area is 215 Å². The molecule has 0 atom stereocenters. The second-order valence-corrected chi connectivity index (χ2v) is 9.30. The predicted molar refractivity (Wildman–Crippen MR) is 145 cm³/mol. The molecule has 2 amide bonds. The number of hydrogen-bond donors (Lipinski definition) is 3. The van der Waals surface area contributed by atoms with Crippen molar-refractivity contribution >= 4 is 46.4 Å². The Kier molecular flexibility index (Phi) is 7.85. The minimum atomic E-state index is -0.408. The number of carbonyl (C=O) groups excluding carboxylic acids is 2. The Bertz CT molecular complexity index is 1250. The summed E-state index contributed by atoms with van der Waals surface area (Å²) in [4.78, 5) is 34.2. The van der Waals surface area contributed by atoms with E-state index in [2.05, 4.69) is 20.5 Å². The Hall–Kier alpha value is -3.91. The van der Waals surface area contributed by atoms with Crippen molar-refractivity contribution in [1.82, 2.24) is 9.88 Å². The fourth-order valence-corrected chi connectivity index (χ4v) is 4.13. The summed E-state index contributed by atoms with van der Waals surface area (Å²) < 4.78 is 0. The molecule has 0 unspecified atom stereocenters. The van der Waals surface area contributed by atoms with Crippen LogP contribution in [0.15, 0.2) is 60.8 Å². The van der Waals surface area contributed by atoms with Gasteiger partial charge in [0, 0.05) is 50.2 Å². The fraction of sp³-hybridized carbons (Fsp3) is 0.259. The van der Waals surface area contributed by atoms with E-state index in [4.69, 9.17) is 17.0 Å². The van der Waals surface area contributed by atoms with Gasteiger partial charge in [0.1, 0.15) is 11.7 Å². The molecule has 3 aromatic rings. The van der Waals surface area contributed by atoms with E-state index in [1.54, 1.807) is 48.5 Å². The molecular formula is C27H29ClN6O2. The van der Waals surface area contributed by atoms with Crippen molar-refractivity contribution in [3.05, 3.63) is 82.5 Å². The number of rotatable bonds is 6. The summed E-state index contributed by atoms with van der Waals surface area (Å²) in [5.74, 6) is 0.0795. The molecule has 8 nitrogen and oxygen atoms in total. The quantitative estimate of drug-likeness (QED) is 0.319. The number of piperidine rings is 1. The number of aromatic nitrogens is 1. The third kappa shape index (κ3) is 6.01. The molecule has 1 aromatic heterocycles. The lowest BCUT2D eigenvalue weighted by Crippen LogP contribution is -2.35. The van der Waals surface area contributed by atoms with Gasteiger partial charge in [-0.25, -0.2) is 4.98 Å². The number of pyridine rings is 1. The third-order valence-electron chi connectivity index (χ3n) is 6.07. The summed E-state index contributed by atoms with van der Waals surface area (Å²) in [7, 11) is 3.75. The maximum Gasteiger partial charge on any atom is 0.259 e. The van der Waals surface area contributed by atoms with Crippen LogP contribution in [0.4, 0.5) is 17.2 Å². The summed E-state index contributed by atoms with van der Waals surface area (Å²) in [6.07, 6.45) is 4.85. The number of nitrogens with one attached hydrogen (secondary N) is 3. The van der Waals surface area contributed by atoms with Gasteiger partial charge in [0.25, 0.3) is 11.8 Å². The zero-order chi connectivity index (χ0) is 25.7. The number of likely N-dealkylation sites (tertiary alicyclic amines) is 1. The summed E-state index contributed by atoms with van der Waals surface area (Å²) >= 11 is 5.89. The number of carbonyl (C=O) groups is 2. The van der Waals surface area contributed by atoms with Crippen molar-refractivity contribution in [2.45, 2.75) is 19.3 Å². The fourth-order valence-electron chi connectivity index (χ4n) is 4.01. The van der Waals surface area contributed by atoms with E-state index < -0.39 is 5.91 Å². The van der Waals surface area contributed by atoms with Crippen molar-refractivity contribution in [2.24, 2.45) is 0 Å². The number of amidine groups is 1. The third-order valence-corrected chi connectivity index (χ3v) is 6.30. The van der Waals surface area contributed by atoms with E-state index in [1.165, 1.54) is 12.6 Å². The van der Waals surface area contributed by atoms with E-state index in [0.29, 0.717) is 33.5 Å². The lowest BCUT2D eigenvalue weighted by atomic mass is 10.1. The second kappa shape index (κ2) is 11.2. The minimum absolute atomic E-state index is 0.301. The van der Waals surface area contributed by atoms with Crippen LogP contribution < -0.4 is 15.5 Å². The largest absolute Gasteiger partial charge is 0.378 e. The number of halogens is 1. The van der Waals surface area contributed by atoms with Crippen LogP contribution in [0.5, 0.6) is 0 Å². The molecular weight excluding hydrogens is 476 g/mol. The smallest absolute Gasteiger partial charge is 0.259 e. The van der Waals surface area contributed by atoms with Crippen molar-refractivity contribution < 1.29 is 9.59 Å². The predicted octanol–water partition coefficient (Wildman–Crippen LogP) is 5.12. The monoisotopic (exact) mass is 504 g/mol. The van der Waals surface area contributed by atoms with Gasteiger partial charge in [0.05, 0.1) is 16.3 Å². The lowest BCUT2D eigenvalue weighted by Gasteiger charge is -2.29. The molecule has 1 saturated heterocycles. The zero-order valence-corrected chi connectivity index (χ0v) is 21.1. The molecule has 36 heavy (non-hydrogen) atoms. The van der Waals surface area contributed by atoms with E-state index in [1.807, 2.05) is 25.1 Å². The summed E-state index contributed by atoms with van der Waals surface area (Å²) in [6.45, 7) is 1.78. The van der Waals surface area contributed by atoms with Crippen LogP contribution in [0.1, 0.15) is 45.5 Å². The van der Waals surface area contributed by atoms with E-state index in [-0.39, 0.29) is 5.91 Å². The summed E-state index contributed by atoms with van der Waals surface area (Å²) in [6, 6.07) is 15.5. The normalized spacial score (nSPS) is 13.1. The maximum absolute atomic E-state index is 13.1. The highest BCUT2D eigenvalue weighted by Crippen LogP contribution is 2.24. The van der Waals surface area contributed by atoms with Gasteiger partial charge in [0.2, 0.25) is 0 Å². The first kappa shape index (κ1) is 25.2. The molecule has 0 spiro atoms. The standard InChI is InChI=1S/C27H29ClN6O2/c1-33(2)21-11-12-23(22(16-21)27(36)32-24-13-10-20(28)17-30-24)31-26(35)19-8-6-18(7-9-19)25(29)34-14-4-3-5-15-34/h6-13,16-17,29H,3-5,14-15H2,1-2H3,(H,31,35)(H,30,32,36). The highest BCUT2D eigenvalue weighted by molar-refractivity contribution is 6.30. The van der Waals surface area contributed by atoms with Gasteiger partial charge in [-0.15, -0.1) is 0 Å². The first-order valence-electron chi connectivity index (χ1n) is 11.8. The molecule has 2 aromatic carbocycles. The summed E-state index contributed by atoms with van der Waals surface area (Å²) in [5.41, 5.74) is 2.70. The number of nitrogens with zero attached hydrogens (tertiary/aromatic N) is 3.